The molecular formula is C33H39N3O6. The van der Waals surface area contributed by atoms with Gasteiger partial charge in [0.25, 0.3) is 5.91 Å². The van der Waals surface area contributed by atoms with Crippen LogP contribution in [-0.2, 0) is 4.79 Å². The highest BCUT2D eigenvalue weighted by atomic mass is 16.5. The Kier molecular flexibility index (Phi) is 8.75. The number of benzene rings is 3. The van der Waals surface area contributed by atoms with Crippen LogP contribution in [0.15, 0.2) is 60.7 Å². The SMILES string of the molecule is COc1ccccc1N1CCN(C(=O)[C@H]2CN(C(=O)c3ccccc3C)C[C@H]2c2cc(OC)c(OC)c(OC)c2)CC1. The van der Waals surface area contributed by atoms with E-state index in [0.717, 1.165) is 22.6 Å². The maximum atomic E-state index is 14.2. The van der Waals surface area contributed by atoms with Gasteiger partial charge in [-0.05, 0) is 48.4 Å². The highest BCUT2D eigenvalue weighted by Crippen LogP contribution is 2.44. The molecule has 0 unspecified atom stereocenters. The maximum Gasteiger partial charge on any atom is 0.254 e. The van der Waals surface area contributed by atoms with Crippen molar-refractivity contribution in [3.63, 3.8) is 0 Å². The van der Waals surface area contributed by atoms with E-state index >= 15 is 0 Å². The van der Waals surface area contributed by atoms with Gasteiger partial charge in [-0.15, -0.1) is 0 Å². The summed E-state index contributed by atoms with van der Waals surface area (Å²) < 4.78 is 22.3. The molecule has 0 saturated carbocycles. The summed E-state index contributed by atoms with van der Waals surface area (Å²) in [6.07, 6.45) is 0. The quantitative estimate of drug-likeness (QED) is 0.399. The number of methoxy groups -OCH3 is 4. The van der Waals surface area contributed by atoms with E-state index in [2.05, 4.69) is 4.90 Å². The van der Waals surface area contributed by atoms with Gasteiger partial charge in [0.2, 0.25) is 11.7 Å². The fourth-order valence-corrected chi connectivity index (χ4v) is 6.15. The number of para-hydroxylation sites is 2. The minimum atomic E-state index is -0.418. The van der Waals surface area contributed by atoms with Gasteiger partial charge in [0.05, 0.1) is 40.0 Å². The molecule has 3 aromatic carbocycles. The zero-order valence-electron chi connectivity index (χ0n) is 25.0. The maximum absolute atomic E-state index is 14.2. The van der Waals surface area contributed by atoms with Gasteiger partial charge >= 0.3 is 0 Å². The van der Waals surface area contributed by atoms with Crippen molar-refractivity contribution in [1.29, 1.82) is 0 Å². The highest BCUT2D eigenvalue weighted by Gasteiger charge is 2.43. The third-order valence-corrected chi connectivity index (χ3v) is 8.43. The molecule has 0 aromatic heterocycles. The summed E-state index contributed by atoms with van der Waals surface area (Å²) in [5.41, 5.74) is 3.46. The van der Waals surface area contributed by atoms with Crippen LogP contribution < -0.4 is 23.8 Å². The Balaban J connectivity index is 1.43. The van der Waals surface area contributed by atoms with Crippen molar-refractivity contribution < 1.29 is 28.5 Å². The molecule has 2 amide bonds. The number of anilines is 1. The minimum Gasteiger partial charge on any atom is -0.495 e. The van der Waals surface area contributed by atoms with Crippen molar-refractivity contribution in [3.8, 4) is 23.0 Å². The number of rotatable bonds is 8. The molecule has 0 aliphatic carbocycles. The molecule has 0 radical (unpaired) electrons. The summed E-state index contributed by atoms with van der Waals surface area (Å²) in [6, 6.07) is 19.3. The summed E-state index contributed by atoms with van der Waals surface area (Å²) in [6.45, 7) is 5.23. The third-order valence-electron chi connectivity index (χ3n) is 8.43. The molecule has 2 aliphatic rings. The number of carbonyl (C=O) groups is 2. The van der Waals surface area contributed by atoms with E-state index in [-0.39, 0.29) is 17.7 Å². The molecule has 222 valence electrons. The zero-order chi connectivity index (χ0) is 29.8. The van der Waals surface area contributed by atoms with E-state index < -0.39 is 5.92 Å². The molecule has 0 N–H and O–H groups in total. The first kappa shape index (κ1) is 29.1. The Morgan fingerprint density at radius 2 is 1.33 bits per heavy atom. The van der Waals surface area contributed by atoms with E-state index in [1.807, 2.05) is 77.4 Å². The summed E-state index contributed by atoms with van der Waals surface area (Å²) in [7, 11) is 6.39. The lowest BCUT2D eigenvalue weighted by Crippen LogP contribution is -2.51. The highest BCUT2D eigenvalue weighted by molar-refractivity contribution is 5.96. The van der Waals surface area contributed by atoms with Crippen LogP contribution >= 0.6 is 0 Å². The number of hydrogen-bond acceptors (Lipinski definition) is 7. The second kappa shape index (κ2) is 12.6. The van der Waals surface area contributed by atoms with E-state index in [1.54, 1.807) is 28.4 Å². The van der Waals surface area contributed by atoms with E-state index in [9.17, 15) is 9.59 Å². The number of ether oxygens (including phenoxy) is 4. The van der Waals surface area contributed by atoms with Crippen molar-refractivity contribution in [2.45, 2.75) is 12.8 Å². The molecule has 0 spiro atoms. The predicted octanol–water partition coefficient (Wildman–Crippen LogP) is 4.23. The molecule has 3 aromatic rings. The van der Waals surface area contributed by atoms with Crippen LogP contribution in [0, 0.1) is 12.8 Å². The Morgan fingerprint density at radius 1 is 0.714 bits per heavy atom. The molecule has 0 bridgehead atoms. The van der Waals surface area contributed by atoms with Crippen molar-refractivity contribution in [2.75, 3.05) is 72.6 Å². The van der Waals surface area contributed by atoms with Crippen molar-refractivity contribution in [2.24, 2.45) is 5.92 Å². The average molecular weight is 574 g/mol. The lowest BCUT2D eigenvalue weighted by atomic mass is 9.87. The van der Waals surface area contributed by atoms with Gasteiger partial charge in [0, 0.05) is 50.7 Å². The zero-order valence-corrected chi connectivity index (χ0v) is 25.0. The molecule has 9 nitrogen and oxygen atoms in total. The van der Waals surface area contributed by atoms with Crippen LogP contribution in [0.2, 0.25) is 0 Å². The first-order valence-electron chi connectivity index (χ1n) is 14.2. The molecule has 2 atom stereocenters. The first-order chi connectivity index (χ1) is 20.4. The summed E-state index contributed by atoms with van der Waals surface area (Å²) in [5, 5.41) is 0. The molecule has 9 heteroatoms. The number of hydrogen-bond donors (Lipinski definition) is 0. The van der Waals surface area contributed by atoms with Crippen LogP contribution in [0.5, 0.6) is 23.0 Å². The van der Waals surface area contributed by atoms with E-state index in [1.165, 1.54) is 0 Å². The Labute approximate surface area is 247 Å². The van der Waals surface area contributed by atoms with Crippen molar-refractivity contribution in [3.05, 3.63) is 77.4 Å². The Hall–Kier alpha value is -4.40. The Bertz CT molecular complexity index is 1410. The lowest BCUT2D eigenvalue weighted by molar-refractivity contribution is -0.135. The molecule has 42 heavy (non-hydrogen) atoms. The molecule has 2 heterocycles. The molecule has 2 fully saturated rings. The number of likely N-dealkylation sites (tertiary alicyclic amines) is 1. The van der Waals surface area contributed by atoms with Crippen LogP contribution in [0.3, 0.4) is 0 Å². The van der Waals surface area contributed by atoms with Crippen LogP contribution in [0.25, 0.3) is 0 Å². The molecular weight excluding hydrogens is 534 g/mol. The fourth-order valence-electron chi connectivity index (χ4n) is 6.15. The molecule has 5 rings (SSSR count). The number of amides is 2. The number of piperazine rings is 1. The summed E-state index contributed by atoms with van der Waals surface area (Å²) in [5.74, 6) is 1.67. The second-order valence-corrected chi connectivity index (χ2v) is 10.7. The third kappa shape index (κ3) is 5.55. The van der Waals surface area contributed by atoms with Gasteiger partial charge in [0.1, 0.15) is 5.75 Å². The summed E-state index contributed by atoms with van der Waals surface area (Å²) >= 11 is 0. The van der Waals surface area contributed by atoms with Crippen LogP contribution in [0.4, 0.5) is 5.69 Å². The smallest absolute Gasteiger partial charge is 0.254 e. The normalized spacial score (nSPS) is 18.5. The summed E-state index contributed by atoms with van der Waals surface area (Å²) in [4.78, 5) is 33.9. The number of aryl methyl sites for hydroxylation is 1. The topological polar surface area (TPSA) is 80.8 Å². The Morgan fingerprint density at radius 3 is 1.95 bits per heavy atom. The van der Waals surface area contributed by atoms with Crippen LogP contribution in [0.1, 0.15) is 27.4 Å². The van der Waals surface area contributed by atoms with E-state index in [4.69, 9.17) is 18.9 Å². The average Bonchev–Trinajstić information content (AvgIpc) is 3.49. The largest absolute Gasteiger partial charge is 0.495 e. The molecule has 2 aliphatic heterocycles. The minimum absolute atomic E-state index is 0.0495. The van der Waals surface area contributed by atoms with Gasteiger partial charge in [0.15, 0.2) is 11.5 Å². The van der Waals surface area contributed by atoms with E-state index in [0.29, 0.717) is 62.1 Å². The number of carbonyl (C=O) groups excluding carboxylic acids is 2. The van der Waals surface area contributed by atoms with Gasteiger partial charge in [-0.25, -0.2) is 0 Å². The van der Waals surface area contributed by atoms with Crippen LogP contribution in [-0.4, -0.2) is 89.3 Å². The molecule has 2 saturated heterocycles. The standard InChI is InChI=1S/C33H39N3O6/c1-22-10-6-7-11-24(22)32(37)36-20-25(23-18-29(40-3)31(42-5)30(19-23)41-4)26(21-36)33(38)35-16-14-34(15-17-35)27-12-8-9-13-28(27)39-2/h6-13,18-19,25-26H,14-17,20-21H2,1-5H3/t25-,26-/m0/s1. The second-order valence-electron chi connectivity index (χ2n) is 10.7. The van der Waals surface area contributed by atoms with Gasteiger partial charge in [-0.2, -0.15) is 0 Å². The van der Waals surface area contributed by atoms with Gasteiger partial charge in [-0.1, -0.05) is 30.3 Å². The van der Waals surface area contributed by atoms with Gasteiger partial charge < -0.3 is 33.6 Å². The number of nitrogens with zero attached hydrogens (tertiary/aromatic N) is 3. The lowest BCUT2D eigenvalue weighted by Gasteiger charge is -2.38. The monoisotopic (exact) mass is 573 g/mol. The van der Waals surface area contributed by atoms with Crippen molar-refractivity contribution in [1.82, 2.24) is 9.80 Å². The van der Waals surface area contributed by atoms with Gasteiger partial charge in [-0.3, -0.25) is 9.59 Å². The predicted molar refractivity (Wildman–Crippen MR) is 161 cm³/mol. The first-order valence-corrected chi connectivity index (χ1v) is 14.2. The van der Waals surface area contributed by atoms with Crippen molar-refractivity contribution >= 4 is 17.5 Å². The fraction of sp³-hybridized carbons (Fsp3) is 0.394.